The second-order valence-corrected chi connectivity index (χ2v) is 26.5. The summed E-state index contributed by atoms with van der Waals surface area (Å²) in [7, 11) is 0. The summed E-state index contributed by atoms with van der Waals surface area (Å²) in [5, 5.41) is 0. The van der Waals surface area contributed by atoms with Crippen LogP contribution in [-0.2, 0) is 27.1 Å². The molecule has 2 nitrogen and oxygen atoms in total. The van der Waals surface area contributed by atoms with Crippen molar-refractivity contribution in [2.45, 2.75) is 123 Å². The minimum atomic E-state index is -0.108. The maximum absolute atomic E-state index is 2.67. The van der Waals surface area contributed by atoms with Crippen LogP contribution >= 0.6 is 0 Å². The summed E-state index contributed by atoms with van der Waals surface area (Å²) < 4.78 is 0. The van der Waals surface area contributed by atoms with Gasteiger partial charge in [0, 0.05) is 45.0 Å². The van der Waals surface area contributed by atoms with Gasteiger partial charge in [-0.3, -0.25) is 0 Å². The zero-order chi connectivity index (χ0) is 52.6. The quantitative estimate of drug-likeness (QED) is 0.162. The van der Waals surface area contributed by atoms with Crippen LogP contribution in [0.5, 0.6) is 0 Å². The second-order valence-electron chi connectivity index (χ2n) is 26.5. The van der Waals surface area contributed by atoms with Crippen LogP contribution in [0.15, 0.2) is 176 Å². The molecule has 5 aliphatic rings. The van der Waals surface area contributed by atoms with Crippen molar-refractivity contribution < 1.29 is 0 Å². The molecule has 0 fully saturated rings. The van der Waals surface area contributed by atoms with Gasteiger partial charge in [0.25, 0.3) is 6.71 Å². The van der Waals surface area contributed by atoms with Crippen LogP contribution in [0.4, 0.5) is 34.1 Å². The fourth-order valence-electron chi connectivity index (χ4n) is 15.0. The van der Waals surface area contributed by atoms with Crippen LogP contribution < -0.4 is 26.2 Å². The molecule has 0 unspecified atom stereocenters. The van der Waals surface area contributed by atoms with Gasteiger partial charge in [-0.2, -0.15) is 0 Å². The Morgan fingerprint density at radius 1 is 0.395 bits per heavy atom. The molecule has 2 heterocycles. The van der Waals surface area contributed by atoms with Crippen molar-refractivity contribution in [2.24, 2.45) is 0 Å². The number of anilines is 6. The van der Waals surface area contributed by atoms with Crippen molar-refractivity contribution >= 4 is 57.2 Å². The fraction of sp³-hybridized carbons (Fsp3) is 0.260. The molecule has 3 heteroatoms. The van der Waals surface area contributed by atoms with Gasteiger partial charge in [-0.15, -0.1) is 0 Å². The third kappa shape index (κ3) is 6.60. The highest BCUT2D eigenvalue weighted by Gasteiger charge is 2.47. The van der Waals surface area contributed by atoms with E-state index in [1.165, 1.54) is 146 Å². The molecule has 9 aromatic carbocycles. The Kier molecular flexibility index (Phi) is 9.83. The number of hydrogen-bond donors (Lipinski definition) is 0. The highest BCUT2D eigenvalue weighted by atomic mass is 15.2. The Balaban J connectivity index is 0.972. The number of nitrogens with zero attached hydrogens (tertiary/aromatic N) is 2. The molecule has 0 aromatic heterocycles. The standard InChI is InChI=1S/C73H69BN2/c1-44-39-64-68-65(40-44)76(49-34-29-46(30-35-49)51-22-18-24-55-53-20-14-16-26-57(53)73(11,12)67(51)55)63-43-59-58(70(5,6)37-38-71(59,7)8)42-61(63)74(68)60-36-31-47(69(2,3)4)41-62(60)75(64)48-32-27-45(28-33-48)50-21-17-23-54-52-19-13-15-25-56(52)72(9,10)66(50)54/h13-36,39-43H,37-38H2,1-12H3. The van der Waals surface area contributed by atoms with E-state index in [1.807, 2.05) is 0 Å². The van der Waals surface area contributed by atoms with Crippen molar-refractivity contribution in [3.63, 3.8) is 0 Å². The number of fused-ring (bicyclic) bond motifs is 11. The van der Waals surface area contributed by atoms with Gasteiger partial charge in [-0.25, -0.2) is 0 Å². The summed E-state index contributed by atoms with van der Waals surface area (Å²) in [4.78, 5) is 5.25. The summed E-state index contributed by atoms with van der Waals surface area (Å²) in [6.07, 6.45) is 2.33. The SMILES string of the molecule is Cc1cc2c3c(c1)N(c1ccc(-c4cccc5c4C(C)(C)c4ccccc4-5)cc1)c1cc4c(cc1B3c1ccc(C(C)(C)C)cc1N2c1ccc(-c2cccc3c2C(C)(C)c2ccccc2-3)cc1)C(C)(C)CCC4(C)C. The van der Waals surface area contributed by atoms with E-state index in [2.05, 4.69) is 269 Å². The number of aryl methyl sites for hydroxylation is 1. The lowest BCUT2D eigenvalue weighted by Crippen LogP contribution is -2.62. The van der Waals surface area contributed by atoms with E-state index in [0.717, 1.165) is 6.42 Å². The molecule has 374 valence electrons. The van der Waals surface area contributed by atoms with E-state index in [9.17, 15) is 0 Å². The summed E-state index contributed by atoms with van der Waals surface area (Å²) in [5.74, 6) is 0. The van der Waals surface area contributed by atoms with Crippen molar-refractivity contribution in [2.75, 3.05) is 9.80 Å². The third-order valence-electron chi connectivity index (χ3n) is 19.1. The van der Waals surface area contributed by atoms with E-state index < -0.39 is 0 Å². The van der Waals surface area contributed by atoms with Crippen molar-refractivity contribution in [1.29, 1.82) is 0 Å². The number of rotatable bonds is 4. The average molecular weight is 985 g/mol. The number of benzene rings is 9. The van der Waals surface area contributed by atoms with E-state index in [4.69, 9.17) is 0 Å². The molecule has 3 aliphatic carbocycles. The van der Waals surface area contributed by atoms with Crippen LogP contribution in [0.1, 0.15) is 134 Å². The molecule has 0 amide bonds. The zero-order valence-electron chi connectivity index (χ0n) is 46.6. The van der Waals surface area contributed by atoms with Crippen LogP contribution in [0.2, 0.25) is 0 Å². The molecule has 14 rings (SSSR count). The molecular weight excluding hydrogens is 916 g/mol. The Hall–Kier alpha value is -7.36. The molecular formula is C73H69BN2. The first kappa shape index (κ1) is 47.1. The lowest BCUT2D eigenvalue weighted by Gasteiger charge is -2.47. The monoisotopic (exact) mass is 985 g/mol. The van der Waals surface area contributed by atoms with Crippen LogP contribution in [0.25, 0.3) is 44.5 Å². The topological polar surface area (TPSA) is 6.48 Å². The first-order valence-electron chi connectivity index (χ1n) is 28.0. The van der Waals surface area contributed by atoms with Gasteiger partial charge >= 0.3 is 0 Å². The molecule has 9 aromatic rings. The maximum atomic E-state index is 2.67. The normalized spacial score (nSPS) is 17.2. The highest BCUT2D eigenvalue weighted by Crippen LogP contribution is 2.55. The van der Waals surface area contributed by atoms with E-state index in [1.54, 1.807) is 0 Å². The first-order chi connectivity index (χ1) is 36.2. The Bertz CT molecular complexity index is 3920. The molecule has 0 saturated heterocycles. The molecule has 0 spiro atoms. The Morgan fingerprint density at radius 2 is 0.829 bits per heavy atom. The summed E-state index contributed by atoms with van der Waals surface area (Å²) in [6, 6.07) is 68.6. The molecule has 76 heavy (non-hydrogen) atoms. The van der Waals surface area contributed by atoms with E-state index in [0.29, 0.717) is 0 Å². The molecule has 2 aliphatic heterocycles. The fourth-order valence-corrected chi connectivity index (χ4v) is 15.0. The van der Waals surface area contributed by atoms with Crippen molar-refractivity contribution in [1.82, 2.24) is 0 Å². The van der Waals surface area contributed by atoms with Gasteiger partial charge in [0.15, 0.2) is 0 Å². The predicted octanol–water partition coefficient (Wildman–Crippen LogP) is 17.7. The molecule has 0 saturated carbocycles. The zero-order valence-corrected chi connectivity index (χ0v) is 46.6. The maximum Gasteiger partial charge on any atom is 0.252 e. The lowest BCUT2D eigenvalue weighted by molar-refractivity contribution is 0.332. The first-order valence-corrected chi connectivity index (χ1v) is 28.0. The second kappa shape index (κ2) is 15.9. The van der Waals surface area contributed by atoms with Crippen molar-refractivity contribution in [3.8, 4) is 44.5 Å². The van der Waals surface area contributed by atoms with E-state index >= 15 is 0 Å². The Morgan fingerprint density at radius 3 is 1.32 bits per heavy atom. The minimum absolute atomic E-state index is 0.0355. The van der Waals surface area contributed by atoms with Crippen LogP contribution in [0, 0.1) is 6.92 Å². The van der Waals surface area contributed by atoms with Crippen LogP contribution in [-0.4, -0.2) is 6.71 Å². The van der Waals surface area contributed by atoms with Gasteiger partial charge in [-0.05, 0) is 190 Å². The number of hydrogen-bond acceptors (Lipinski definition) is 2. The van der Waals surface area contributed by atoms with Gasteiger partial charge in [0.2, 0.25) is 0 Å². The molecule has 0 N–H and O–H groups in total. The largest absolute Gasteiger partial charge is 0.311 e. The highest BCUT2D eigenvalue weighted by molar-refractivity contribution is 7.00. The Labute approximate surface area is 452 Å². The van der Waals surface area contributed by atoms with Gasteiger partial charge < -0.3 is 9.80 Å². The smallest absolute Gasteiger partial charge is 0.252 e. The molecule has 0 radical (unpaired) electrons. The molecule has 0 bridgehead atoms. The summed E-state index contributed by atoms with van der Waals surface area (Å²) in [5.41, 5.74) is 33.2. The average Bonchev–Trinajstić information content (AvgIpc) is 3.83. The minimum Gasteiger partial charge on any atom is -0.311 e. The van der Waals surface area contributed by atoms with E-state index in [-0.39, 0.29) is 33.8 Å². The lowest BCUT2D eigenvalue weighted by atomic mass is 9.33. The summed E-state index contributed by atoms with van der Waals surface area (Å²) in [6.45, 7) is 28.9. The van der Waals surface area contributed by atoms with Crippen LogP contribution in [0.3, 0.4) is 0 Å². The van der Waals surface area contributed by atoms with Crippen molar-refractivity contribution in [3.05, 3.63) is 220 Å². The summed E-state index contributed by atoms with van der Waals surface area (Å²) >= 11 is 0. The van der Waals surface area contributed by atoms with Gasteiger partial charge in [0.05, 0.1) is 0 Å². The molecule has 0 atom stereocenters. The van der Waals surface area contributed by atoms with Gasteiger partial charge in [-0.1, -0.05) is 204 Å². The predicted molar refractivity (Wildman–Crippen MR) is 325 cm³/mol. The third-order valence-corrected chi connectivity index (χ3v) is 19.1. The van der Waals surface area contributed by atoms with Gasteiger partial charge in [0.1, 0.15) is 0 Å².